The molecule has 1 aliphatic carbocycles. The first-order chi connectivity index (χ1) is 12.5. The molecule has 1 aromatic carbocycles. The minimum atomic E-state index is -0.293. The molecule has 0 unspecified atom stereocenters. The van der Waals surface area contributed by atoms with E-state index in [0.29, 0.717) is 6.04 Å². The van der Waals surface area contributed by atoms with Crippen molar-refractivity contribution in [1.29, 1.82) is 0 Å². The van der Waals surface area contributed by atoms with Gasteiger partial charge in [0.15, 0.2) is 0 Å². The van der Waals surface area contributed by atoms with Crippen LogP contribution in [0.15, 0.2) is 24.3 Å². The Morgan fingerprint density at radius 1 is 1.19 bits per heavy atom. The van der Waals surface area contributed by atoms with Crippen LogP contribution in [0.5, 0.6) is 0 Å². The zero-order chi connectivity index (χ0) is 18.5. The Morgan fingerprint density at radius 2 is 1.85 bits per heavy atom. The molecular weight excluding hydrogens is 329 g/mol. The molecule has 1 saturated carbocycles. The topological polar surface area (TPSA) is 35.6 Å². The van der Waals surface area contributed by atoms with Gasteiger partial charge in [-0.15, -0.1) is 0 Å². The summed E-state index contributed by atoms with van der Waals surface area (Å²) in [4.78, 5) is 17.4. The van der Waals surface area contributed by atoms with Crippen molar-refractivity contribution >= 4 is 5.91 Å². The van der Waals surface area contributed by atoms with Crippen molar-refractivity contribution in [1.82, 2.24) is 15.1 Å². The first-order valence-electron chi connectivity index (χ1n) is 9.97. The Hall–Kier alpha value is -1.46. The van der Waals surface area contributed by atoms with E-state index in [-0.39, 0.29) is 17.8 Å². The van der Waals surface area contributed by atoms with Crippen LogP contribution in [0.25, 0.3) is 0 Å². The van der Waals surface area contributed by atoms with Gasteiger partial charge in [0.1, 0.15) is 11.9 Å². The molecule has 1 heterocycles. The molecule has 144 valence electrons. The second-order valence-electron chi connectivity index (χ2n) is 8.16. The number of halogens is 1. The van der Waals surface area contributed by atoms with Crippen LogP contribution >= 0.6 is 0 Å². The molecule has 1 saturated heterocycles. The summed E-state index contributed by atoms with van der Waals surface area (Å²) >= 11 is 0. The molecule has 5 heteroatoms. The van der Waals surface area contributed by atoms with Crippen molar-refractivity contribution in [2.45, 2.75) is 50.6 Å². The monoisotopic (exact) mass is 361 g/mol. The van der Waals surface area contributed by atoms with E-state index in [9.17, 15) is 9.18 Å². The number of hydrogen-bond donors (Lipinski definition) is 1. The van der Waals surface area contributed by atoms with Crippen LogP contribution < -0.4 is 5.32 Å². The molecule has 0 bridgehead atoms. The van der Waals surface area contributed by atoms with E-state index in [0.717, 1.165) is 56.8 Å². The lowest BCUT2D eigenvalue weighted by atomic mass is 9.90. The van der Waals surface area contributed by atoms with Crippen molar-refractivity contribution in [2.24, 2.45) is 5.92 Å². The van der Waals surface area contributed by atoms with Crippen LogP contribution in [0, 0.1) is 11.7 Å². The fourth-order valence-corrected chi connectivity index (χ4v) is 3.88. The van der Waals surface area contributed by atoms with Gasteiger partial charge in [-0.1, -0.05) is 12.1 Å². The van der Waals surface area contributed by atoms with Gasteiger partial charge in [-0.05, 0) is 95.9 Å². The number of carbonyl (C=O) groups is 1. The summed E-state index contributed by atoms with van der Waals surface area (Å²) in [6, 6.07) is 6.49. The predicted octanol–water partition coefficient (Wildman–Crippen LogP) is 3.20. The molecule has 2 aliphatic rings. The number of benzene rings is 1. The highest BCUT2D eigenvalue weighted by Gasteiger charge is 2.34. The summed E-state index contributed by atoms with van der Waals surface area (Å²) in [5.74, 6) is 0.575. The first kappa shape index (κ1) is 19.3. The van der Waals surface area contributed by atoms with Crippen molar-refractivity contribution in [3.05, 3.63) is 35.6 Å². The lowest BCUT2D eigenvalue weighted by molar-refractivity contribution is -0.127. The maximum absolute atomic E-state index is 13.3. The maximum Gasteiger partial charge on any atom is 0.242 e. The maximum atomic E-state index is 13.3. The zero-order valence-corrected chi connectivity index (χ0v) is 16.1. The number of rotatable bonds is 8. The molecule has 2 fully saturated rings. The number of likely N-dealkylation sites (tertiary alicyclic amines) is 1. The number of hydrogen-bond acceptors (Lipinski definition) is 3. The van der Waals surface area contributed by atoms with Crippen LogP contribution in [0.1, 0.15) is 50.1 Å². The van der Waals surface area contributed by atoms with Gasteiger partial charge < -0.3 is 10.2 Å². The highest BCUT2D eigenvalue weighted by Crippen LogP contribution is 2.30. The number of nitrogens with zero attached hydrogens (tertiary/aromatic N) is 2. The Balaban J connectivity index is 1.60. The van der Waals surface area contributed by atoms with Gasteiger partial charge in [-0.2, -0.15) is 0 Å². The number of piperidine rings is 1. The Kier molecular flexibility index (Phi) is 6.65. The van der Waals surface area contributed by atoms with Crippen LogP contribution in [-0.2, 0) is 4.79 Å². The molecule has 26 heavy (non-hydrogen) atoms. The second kappa shape index (κ2) is 8.96. The van der Waals surface area contributed by atoms with Crippen molar-refractivity contribution in [2.75, 3.05) is 33.7 Å². The molecule has 0 spiro atoms. The number of amides is 1. The van der Waals surface area contributed by atoms with E-state index in [2.05, 4.69) is 29.2 Å². The quantitative estimate of drug-likeness (QED) is 0.772. The molecule has 1 aromatic rings. The summed E-state index contributed by atoms with van der Waals surface area (Å²) in [6.07, 6.45) is 6.94. The summed E-state index contributed by atoms with van der Waals surface area (Å²) in [5.41, 5.74) is 0.899. The number of carbonyl (C=O) groups excluding carboxylic acids is 1. The minimum absolute atomic E-state index is 0.0742. The smallest absolute Gasteiger partial charge is 0.242 e. The summed E-state index contributed by atoms with van der Waals surface area (Å²) in [7, 11) is 4.24. The highest BCUT2D eigenvalue weighted by atomic mass is 19.1. The molecule has 1 aliphatic heterocycles. The van der Waals surface area contributed by atoms with Crippen LogP contribution in [0.4, 0.5) is 4.39 Å². The van der Waals surface area contributed by atoms with E-state index in [1.807, 2.05) is 0 Å². The molecule has 4 nitrogen and oxygen atoms in total. The van der Waals surface area contributed by atoms with Gasteiger partial charge in [-0.3, -0.25) is 9.69 Å². The molecule has 1 atom stereocenters. The Morgan fingerprint density at radius 3 is 2.42 bits per heavy atom. The van der Waals surface area contributed by atoms with E-state index in [4.69, 9.17) is 0 Å². The molecular formula is C21H32FN3O. The first-order valence-corrected chi connectivity index (χ1v) is 9.97. The van der Waals surface area contributed by atoms with Crippen molar-refractivity contribution in [3.8, 4) is 0 Å². The lowest BCUT2D eigenvalue weighted by Gasteiger charge is -2.37. The van der Waals surface area contributed by atoms with E-state index >= 15 is 0 Å². The molecule has 1 amide bonds. The molecule has 1 N–H and O–H groups in total. The average molecular weight is 362 g/mol. The van der Waals surface area contributed by atoms with Gasteiger partial charge >= 0.3 is 0 Å². The van der Waals surface area contributed by atoms with Gasteiger partial charge in [0.25, 0.3) is 0 Å². The Labute approximate surface area is 156 Å². The van der Waals surface area contributed by atoms with Gasteiger partial charge in [0.05, 0.1) is 0 Å². The molecule has 0 radical (unpaired) electrons. The van der Waals surface area contributed by atoms with E-state index < -0.39 is 0 Å². The third-order valence-electron chi connectivity index (χ3n) is 5.59. The summed E-state index contributed by atoms with van der Waals surface area (Å²) < 4.78 is 13.3. The van der Waals surface area contributed by atoms with E-state index in [1.165, 1.54) is 25.0 Å². The largest absolute Gasteiger partial charge is 0.352 e. The normalized spacial score (nSPS) is 20.3. The number of nitrogens with one attached hydrogen (secondary N) is 1. The minimum Gasteiger partial charge on any atom is -0.352 e. The molecule has 0 aromatic heterocycles. The standard InChI is InChI=1S/C21H32FN3O/c1-24(2)13-3-4-16-11-14-25(15-12-16)20(21(26)23-19-9-10-19)17-5-7-18(22)8-6-17/h5-8,16,19-20H,3-4,9-15H2,1-2H3,(H,23,26)/t20-/m0/s1. The van der Waals surface area contributed by atoms with Crippen LogP contribution in [0.3, 0.4) is 0 Å². The predicted molar refractivity (Wildman–Crippen MR) is 102 cm³/mol. The lowest BCUT2D eigenvalue weighted by Crippen LogP contribution is -2.44. The fraction of sp³-hybridized carbons (Fsp3) is 0.667. The summed E-state index contributed by atoms with van der Waals surface area (Å²) in [5, 5.41) is 3.14. The molecule has 3 rings (SSSR count). The SMILES string of the molecule is CN(C)CCCC1CCN([C@H](C(=O)NC2CC2)c2ccc(F)cc2)CC1. The average Bonchev–Trinajstić information content (AvgIpc) is 3.42. The fourth-order valence-electron chi connectivity index (χ4n) is 3.88. The summed E-state index contributed by atoms with van der Waals surface area (Å²) in [6.45, 7) is 3.02. The highest BCUT2D eigenvalue weighted by molar-refractivity contribution is 5.83. The van der Waals surface area contributed by atoms with Crippen molar-refractivity contribution < 1.29 is 9.18 Å². The van der Waals surface area contributed by atoms with Gasteiger partial charge in [0.2, 0.25) is 5.91 Å². The third-order valence-corrected chi connectivity index (χ3v) is 5.59. The van der Waals surface area contributed by atoms with Crippen molar-refractivity contribution in [3.63, 3.8) is 0 Å². The van der Waals surface area contributed by atoms with Crippen LogP contribution in [0.2, 0.25) is 0 Å². The second-order valence-corrected chi connectivity index (χ2v) is 8.16. The van der Waals surface area contributed by atoms with E-state index in [1.54, 1.807) is 12.1 Å². The van der Waals surface area contributed by atoms with Crippen LogP contribution in [-0.4, -0.2) is 55.5 Å². The van der Waals surface area contributed by atoms with Gasteiger partial charge in [-0.25, -0.2) is 4.39 Å². The van der Waals surface area contributed by atoms with Gasteiger partial charge in [0, 0.05) is 6.04 Å². The third kappa shape index (κ3) is 5.52. The zero-order valence-electron chi connectivity index (χ0n) is 16.1. The Bertz CT molecular complexity index is 577.